The molecule has 2 amide bonds. The minimum Gasteiger partial charge on any atom is -0.480 e. The number of hydrogen-bond donors (Lipinski definition) is 4. The van der Waals surface area contributed by atoms with Crippen LogP contribution in [0.4, 0.5) is 0 Å². The predicted molar refractivity (Wildman–Crippen MR) is 123 cm³/mol. The number of aliphatic carboxylic acids is 1. The first-order chi connectivity index (χ1) is 15.3. The van der Waals surface area contributed by atoms with Crippen LogP contribution in [0.2, 0.25) is 0 Å². The number of rotatable bonds is 7. The van der Waals surface area contributed by atoms with Crippen LogP contribution in [0.25, 0.3) is 11.1 Å². The topological polar surface area (TPSA) is 136 Å². The number of nitrogens with two attached hydrogens (primary N) is 2. The fraction of sp³-hybridized carbons (Fsp3) is 0.160. The summed E-state index contributed by atoms with van der Waals surface area (Å²) in [5.74, 6) is -1.88. The molecule has 3 aromatic rings. The van der Waals surface area contributed by atoms with Crippen LogP contribution in [0, 0.1) is 0 Å². The number of carbonyl (C=O) groups excluding carboxylic acids is 2. The Balaban J connectivity index is 0.000000278. The van der Waals surface area contributed by atoms with Crippen LogP contribution < -0.4 is 16.8 Å². The first-order valence-electron chi connectivity index (χ1n) is 10.0. The van der Waals surface area contributed by atoms with Crippen LogP contribution in [-0.2, 0) is 20.8 Å². The van der Waals surface area contributed by atoms with Gasteiger partial charge in [-0.15, -0.1) is 0 Å². The van der Waals surface area contributed by atoms with E-state index < -0.39 is 24.0 Å². The summed E-state index contributed by atoms with van der Waals surface area (Å²) in [6.45, 7) is 1.31. The van der Waals surface area contributed by atoms with Crippen LogP contribution in [-0.4, -0.2) is 28.9 Å². The second-order valence-corrected chi connectivity index (χ2v) is 7.15. The van der Waals surface area contributed by atoms with Crippen LogP contribution in [0.15, 0.2) is 84.9 Å². The molecule has 0 aromatic heterocycles. The number of amides is 2. The molecule has 0 fully saturated rings. The zero-order valence-corrected chi connectivity index (χ0v) is 17.8. The highest BCUT2D eigenvalue weighted by atomic mass is 16.4. The first kappa shape index (κ1) is 24.3. The molecule has 0 aliphatic carbocycles. The maximum atomic E-state index is 11.1. The van der Waals surface area contributed by atoms with E-state index in [0.29, 0.717) is 0 Å². The third-order valence-corrected chi connectivity index (χ3v) is 4.64. The fourth-order valence-electron chi connectivity index (χ4n) is 2.97. The summed E-state index contributed by atoms with van der Waals surface area (Å²) >= 11 is 0. The van der Waals surface area contributed by atoms with Gasteiger partial charge in [-0.1, -0.05) is 84.9 Å². The van der Waals surface area contributed by atoms with E-state index >= 15 is 0 Å². The molecule has 166 valence electrons. The Morgan fingerprint density at radius 3 is 1.81 bits per heavy atom. The number of carboxylic acid groups (broad SMARTS) is 1. The van der Waals surface area contributed by atoms with Crippen molar-refractivity contribution in [1.82, 2.24) is 5.32 Å². The zero-order valence-electron chi connectivity index (χ0n) is 17.8. The second kappa shape index (κ2) is 12.0. The van der Waals surface area contributed by atoms with Crippen molar-refractivity contribution in [3.05, 3.63) is 96.1 Å². The minimum atomic E-state index is -1.03. The SMILES string of the molecule is CC(=O)N[C@H](Cc1ccc(-c2ccccc2)cc1)C(=O)O.NC(=O)[C@@H](N)c1ccccc1. The number of nitrogens with one attached hydrogen (secondary N) is 1. The molecule has 2 atom stereocenters. The lowest BCUT2D eigenvalue weighted by atomic mass is 10.0. The molecule has 0 saturated heterocycles. The van der Waals surface area contributed by atoms with Crippen molar-refractivity contribution in [3.8, 4) is 11.1 Å². The van der Waals surface area contributed by atoms with Crippen LogP contribution in [0.1, 0.15) is 24.1 Å². The molecule has 32 heavy (non-hydrogen) atoms. The van der Waals surface area contributed by atoms with Gasteiger partial charge in [0.2, 0.25) is 11.8 Å². The molecule has 6 N–H and O–H groups in total. The molecule has 0 heterocycles. The Morgan fingerprint density at radius 2 is 1.34 bits per heavy atom. The van der Waals surface area contributed by atoms with Gasteiger partial charge in [0.15, 0.2) is 0 Å². The number of benzene rings is 3. The van der Waals surface area contributed by atoms with E-state index in [4.69, 9.17) is 16.6 Å². The molecule has 0 saturated carbocycles. The summed E-state index contributed by atoms with van der Waals surface area (Å²) in [7, 11) is 0. The van der Waals surface area contributed by atoms with Gasteiger partial charge in [-0.2, -0.15) is 0 Å². The molecule has 0 unspecified atom stereocenters. The van der Waals surface area contributed by atoms with Crippen LogP contribution in [0.3, 0.4) is 0 Å². The quantitative estimate of drug-likeness (QED) is 0.454. The van der Waals surface area contributed by atoms with E-state index in [-0.39, 0.29) is 12.3 Å². The third kappa shape index (κ3) is 7.70. The smallest absolute Gasteiger partial charge is 0.326 e. The summed E-state index contributed by atoms with van der Waals surface area (Å²) in [6.07, 6.45) is 0.268. The summed E-state index contributed by atoms with van der Waals surface area (Å²) in [5.41, 5.74) is 14.3. The van der Waals surface area contributed by atoms with Gasteiger partial charge in [-0.05, 0) is 22.3 Å². The van der Waals surface area contributed by atoms with Gasteiger partial charge in [-0.3, -0.25) is 9.59 Å². The van der Waals surface area contributed by atoms with Gasteiger partial charge < -0.3 is 21.9 Å². The van der Waals surface area contributed by atoms with Crippen molar-refractivity contribution in [3.63, 3.8) is 0 Å². The molecule has 7 nitrogen and oxygen atoms in total. The first-order valence-corrected chi connectivity index (χ1v) is 10.0. The van der Waals surface area contributed by atoms with Gasteiger partial charge in [0.25, 0.3) is 0 Å². The number of carbonyl (C=O) groups is 3. The molecule has 3 aromatic carbocycles. The second-order valence-electron chi connectivity index (χ2n) is 7.15. The van der Waals surface area contributed by atoms with Crippen LogP contribution >= 0.6 is 0 Å². The molecular weight excluding hydrogens is 406 g/mol. The van der Waals surface area contributed by atoms with E-state index in [1.54, 1.807) is 12.1 Å². The Bertz CT molecular complexity index is 1020. The highest BCUT2D eigenvalue weighted by molar-refractivity contribution is 5.82. The Hall–Kier alpha value is -3.97. The predicted octanol–water partition coefficient (Wildman–Crippen LogP) is 2.66. The summed E-state index contributed by atoms with van der Waals surface area (Å²) in [4.78, 5) is 32.7. The molecule has 0 radical (unpaired) electrons. The van der Waals surface area contributed by atoms with Gasteiger partial charge in [0.1, 0.15) is 12.1 Å². The van der Waals surface area contributed by atoms with Crippen molar-refractivity contribution < 1.29 is 19.5 Å². The van der Waals surface area contributed by atoms with Gasteiger partial charge in [0, 0.05) is 13.3 Å². The monoisotopic (exact) mass is 433 g/mol. The molecule has 0 aliphatic heterocycles. The highest BCUT2D eigenvalue weighted by Crippen LogP contribution is 2.19. The minimum absolute atomic E-state index is 0.268. The Morgan fingerprint density at radius 1 is 0.844 bits per heavy atom. The van der Waals surface area contributed by atoms with Crippen molar-refractivity contribution in [2.45, 2.75) is 25.4 Å². The zero-order chi connectivity index (χ0) is 23.5. The number of carboxylic acids is 1. The molecule has 3 rings (SSSR count). The standard InChI is InChI=1S/C17H17NO3.C8H10N2O/c1-12(19)18-16(17(20)21)11-13-7-9-15(10-8-13)14-5-3-2-4-6-14;9-7(8(10)11)6-4-2-1-3-5-6/h2-10,16H,11H2,1H3,(H,18,19)(H,20,21);1-5,7H,9H2,(H2,10,11)/t16-;7-/m10/s1. The molecule has 0 spiro atoms. The fourth-order valence-corrected chi connectivity index (χ4v) is 2.97. The summed E-state index contributed by atoms with van der Waals surface area (Å²) < 4.78 is 0. The van der Waals surface area contributed by atoms with Crippen molar-refractivity contribution in [2.24, 2.45) is 11.5 Å². The third-order valence-electron chi connectivity index (χ3n) is 4.64. The molecular formula is C25H27N3O4. The van der Waals surface area contributed by atoms with E-state index in [0.717, 1.165) is 22.3 Å². The van der Waals surface area contributed by atoms with E-state index in [1.807, 2.05) is 72.8 Å². The van der Waals surface area contributed by atoms with E-state index in [2.05, 4.69) is 5.32 Å². The maximum Gasteiger partial charge on any atom is 0.326 e. The molecule has 0 aliphatic rings. The lowest BCUT2D eigenvalue weighted by Gasteiger charge is -2.13. The average molecular weight is 434 g/mol. The average Bonchev–Trinajstić information content (AvgIpc) is 2.80. The van der Waals surface area contributed by atoms with Crippen molar-refractivity contribution in [1.29, 1.82) is 0 Å². The van der Waals surface area contributed by atoms with E-state index in [1.165, 1.54) is 6.92 Å². The highest BCUT2D eigenvalue weighted by Gasteiger charge is 2.18. The van der Waals surface area contributed by atoms with Crippen LogP contribution in [0.5, 0.6) is 0 Å². The number of hydrogen-bond acceptors (Lipinski definition) is 4. The lowest BCUT2D eigenvalue weighted by Crippen LogP contribution is -2.41. The molecule has 7 heteroatoms. The van der Waals surface area contributed by atoms with Gasteiger partial charge >= 0.3 is 5.97 Å². The molecule has 0 bridgehead atoms. The van der Waals surface area contributed by atoms with Gasteiger partial charge in [-0.25, -0.2) is 4.79 Å². The Labute approximate surface area is 187 Å². The largest absolute Gasteiger partial charge is 0.480 e. The van der Waals surface area contributed by atoms with Gasteiger partial charge in [0.05, 0.1) is 0 Å². The number of primary amides is 1. The lowest BCUT2D eigenvalue weighted by molar-refractivity contribution is -0.141. The van der Waals surface area contributed by atoms with Crippen molar-refractivity contribution in [2.75, 3.05) is 0 Å². The summed E-state index contributed by atoms with van der Waals surface area (Å²) in [5, 5.41) is 11.5. The summed E-state index contributed by atoms with van der Waals surface area (Å²) in [6, 6.07) is 25.1. The Kier molecular flexibility index (Phi) is 9.13. The normalized spacial score (nSPS) is 11.9. The maximum absolute atomic E-state index is 11.1. The van der Waals surface area contributed by atoms with E-state index in [9.17, 15) is 14.4 Å². The van der Waals surface area contributed by atoms with Crippen molar-refractivity contribution >= 4 is 17.8 Å².